The number of carboxylic acid groups (broad SMARTS) is 2. The molecule has 0 unspecified atom stereocenters. The fourth-order valence-electron chi connectivity index (χ4n) is 3.40. The number of carbonyl (C=O) groups is 3. The van der Waals surface area contributed by atoms with Crippen molar-refractivity contribution in [2.45, 2.75) is 46.1 Å². The molecule has 0 spiro atoms. The Balaban J connectivity index is 0.000000960. The van der Waals surface area contributed by atoms with Gasteiger partial charge in [-0.15, -0.1) is 0 Å². The Hall–Kier alpha value is -2.41. The second-order valence-corrected chi connectivity index (χ2v) is 8.25. The lowest BCUT2D eigenvalue weighted by molar-refractivity contribution is -0.142. The van der Waals surface area contributed by atoms with Crippen molar-refractivity contribution in [2.24, 2.45) is 11.8 Å². The summed E-state index contributed by atoms with van der Waals surface area (Å²) in [5.74, 6) is -1.64. The molecular weight excluding hydrogens is 372 g/mol. The Morgan fingerprint density at radius 3 is 2.07 bits per heavy atom. The Morgan fingerprint density at radius 2 is 1.62 bits per heavy atom. The first-order valence-electron chi connectivity index (χ1n) is 9.98. The average molecular weight is 407 g/mol. The number of likely N-dealkylation sites (tertiary alicyclic amines) is 1. The Labute approximate surface area is 173 Å². The minimum Gasteiger partial charge on any atom is -0.481 e. The van der Waals surface area contributed by atoms with Gasteiger partial charge in [0.25, 0.3) is 11.9 Å². The molecule has 1 aliphatic heterocycles. The zero-order valence-electron chi connectivity index (χ0n) is 18.1. The molecular formula is C22H34N2O5. The third kappa shape index (κ3) is 8.64. The number of rotatable bonds is 5. The van der Waals surface area contributed by atoms with Crippen molar-refractivity contribution in [2.75, 3.05) is 27.2 Å². The zero-order chi connectivity index (χ0) is 22.1. The van der Waals surface area contributed by atoms with Crippen molar-refractivity contribution in [3.63, 3.8) is 0 Å². The van der Waals surface area contributed by atoms with Crippen molar-refractivity contribution in [1.29, 1.82) is 0 Å². The van der Waals surface area contributed by atoms with Crippen LogP contribution in [-0.4, -0.2) is 71.1 Å². The van der Waals surface area contributed by atoms with E-state index < -0.39 is 17.9 Å². The van der Waals surface area contributed by atoms with E-state index in [1.165, 1.54) is 5.56 Å². The van der Waals surface area contributed by atoms with Gasteiger partial charge in [0, 0.05) is 31.6 Å². The first kappa shape index (κ1) is 24.6. The van der Waals surface area contributed by atoms with Crippen LogP contribution < -0.4 is 0 Å². The van der Waals surface area contributed by atoms with Gasteiger partial charge in [0.05, 0.1) is 5.92 Å². The Morgan fingerprint density at radius 1 is 1.07 bits per heavy atom. The molecule has 2 atom stereocenters. The van der Waals surface area contributed by atoms with Crippen molar-refractivity contribution < 1.29 is 24.6 Å². The normalized spacial score (nSPS) is 19.3. The summed E-state index contributed by atoms with van der Waals surface area (Å²) in [5, 5.41) is 16.8. The second kappa shape index (κ2) is 11.6. The first-order chi connectivity index (χ1) is 13.5. The van der Waals surface area contributed by atoms with Gasteiger partial charge in [0.1, 0.15) is 0 Å². The van der Waals surface area contributed by atoms with Gasteiger partial charge in [-0.25, -0.2) is 0 Å². The molecule has 1 heterocycles. The summed E-state index contributed by atoms with van der Waals surface area (Å²) in [5.41, 5.74) is 1.85. The van der Waals surface area contributed by atoms with E-state index in [1.54, 1.807) is 4.90 Å². The van der Waals surface area contributed by atoms with Gasteiger partial charge in [0.2, 0.25) is 0 Å². The van der Waals surface area contributed by atoms with Crippen LogP contribution in [-0.2, 0) is 16.0 Å². The fraction of sp³-hybridized carbons (Fsp3) is 0.591. The average Bonchev–Trinajstić information content (AvgIpc) is 2.84. The number of likely N-dealkylation sites (N-methyl/N-ethyl adjacent to an activating group) is 1. The molecule has 0 radical (unpaired) electrons. The Kier molecular flexibility index (Phi) is 9.81. The summed E-state index contributed by atoms with van der Waals surface area (Å²) in [7, 11) is 3.96. The lowest BCUT2D eigenvalue weighted by atomic mass is 10.0. The quantitative estimate of drug-likeness (QED) is 0.780. The summed E-state index contributed by atoms with van der Waals surface area (Å²) in [6.45, 7) is 6.28. The predicted octanol–water partition coefficient (Wildman–Crippen LogP) is 2.84. The van der Waals surface area contributed by atoms with Gasteiger partial charge in [-0.05, 0) is 57.0 Å². The predicted molar refractivity (Wildman–Crippen MR) is 112 cm³/mol. The molecule has 2 N–H and O–H groups in total. The van der Waals surface area contributed by atoms with Gasteiger partial charge in [-0.2, -0.15) is 0 Å². The number of nitrogens with zero attached hydrogens (tertiary/aromatic N) is 2. The fourth-order valence-corrected chi connectivity index (χ4v) is 3.40. The van der Waals surface area contributed by atoms with E-state index in [9.17, 15) is 14.7 Å². The number of amides is 1. The maximum Gasteiger partial charge on any atom is 0.308 e. The van der Waals surface area contributed by atoms with Crippen LogP contribution in [0.25, 0.3) is 0 Å². The van der Waals surface area contributed by atoms with Gasteiger partial charge in [0.15, 0.2) is 0 Å². The summed E-state index contributed by atoms with van der Waals surface area (Å²) in [6, 6.07) is 7.93. The molecule has 0 bridgehead atoms. The van der Waals surface area contributed by atoms with Crippen molar-refractivity contribution in [3.8, 4) is 0 Å². The van der Waals surface area contributed by atoms with Crippen LogP contribution in [0.1, 0.15) is 49.5 Å². The van der Waals surface area contributed by atoms with Crippen LogP contribution >= 0.6 is 0 Å². The van der Waals surface area contributed by atoms with Crippen LogP contribution in [0.4, 0.5) is 0 Å². The van der Waals surface area contributed by atoms with Crippen LogP contribution in [0, 0.1) is 11.8 Å². The van der Waals surface area contributed by atoms with Gasteiger partial charge >= 0.3 is 5.97 Å². The number of hydrogen-bond donors (Lipinski definition) is 2. The monoisotopic (exact) mass is 406 g/mol. The minimum atomic E-state index is -0.833. The highest BCUT2D eigenvalue weighted by atomic mass is 16.4. The van der Waals surface area contributed by atoms with Gasteiger partial charge in [-0.1, -0.05) is 26.0 Å². The molecule has 0 saturated carbocycles. The van der Waals surface area contributed by atoms with E-state index in [2.05, 4.69) is 18.7 Å². The molecule has 2 rings (SSSR count). The smallest absolute Gasteiger partial charge is 0.308 e. The number of aliphatic carboxylic acids is 2. The third-order valence-corrected chi connectivity index (χ3v) is 4.93. The largest absolute Gasteiger partial charge is 0.481 e. The lowest BCUT2D eigenvalue weighted by Crippen LogP contribution is -2.43. The second-order valence-electron chi connectivity index (χ2n) is 8.25. The Bertz CT molecular complexity index is 681. The topological polar surface area (TPSA) is 98.2 Å². The SMILES string of the molecule is CC(=O)O.CC(C)Cc1ccc(C(=O)N2C[C@@H](C(=O)O)CC[C@@H](N(C)C)C2)cc1. The van der Waals surface area contributed by atoms with Gasteiger partial charge < -0.3 is 20.0 Å². The van der Waals surface area contributed by atoms with E-state index in [0.717, 1.165) is 19.8 Å². The summed E-state index contributed by atoms with van der Waals surface area (Å²) < 4.78 is 0. The summed E-state index contributed by atoms with van der Waals surface area (Å²) >= 11 is 0. The van der Waals surface area contributed by atoms with E-state index >= 15 is 0 Å². The van der Waals surface area contributed by atoms with E-state index in [-0.39, 0.29) is 18.5 Å². The molecule has 1 saturated heterocycles. The third-order valence-electron chi connectivity index (χ3n) is 4.93. The molecule has 29 heavy (non-hydrogen) atoms. The molecule has 7 nitrogen and oxygen atoms in total. The van der Waals surface area contributed by atoms with Crippen LogP contribution in [0.3, 0.4) is 0 Å². The number of benzene rings is 1. The van der Waals surface area contributed by atoms with Crippen molar-refractivity contribution >= 4 is 17.8 Å². The highest BCUT2D eigenvalue weighted by Gasteiger charge is 2.31. The molecule has 1 aromatic rings. The van der Waals surface area contributed by atoms with Crippen molar-refractivity contribution in [1.82, 2.24) is 9.80 Å². The number of carboxylic acids is 2. The highest BCUT2D eigenvalue weighted by molar-refractivity contribution is 5.94. The molecule has 7 heteroatoms. The summed E-state index contributed by atoms with van der Waals surface area (Å²) in [6.07, 6.45) is 2.39. The molecule has 1 amide bonds. The maximum atomic E-state index is 12.9. The standard InChI is InChI=1S/C20H30N2O3.C2H4O2/c1-14(2)11-15-5-7-16(8-6-15)19(23)22-12-17(20(24)25)9-10-18(13-22)21(3)4;1-2(3)4/h5-8,14,17-18H,9-13H2,1-4H3,(H,24,25);1H3,(H,3,4)/t17-,18+;/m0./s1. The zero-order valence-corrected chi connectivity index (χ0v) is 18.1. The molecule has 1 fully saturated rings. The van der Waals surface area contributed by atoms with Crippen LogP contribution in [0.15, 0.2) is 24.3 Å². The van der Waals surface area contributed by atoms with Crippen LogP contribution in [0.2, 0.25) is 0 Å². The van der Waals surface area contributed by atoms with Crippen molar-refractivity contribution in [3.05, 3.63) is 35.4 Å². The first-order valence-corrected chi connectivity index (χ1v) is 9.98. The number of carbonyl (C=O) groups excluding carboxylic acids is 1. The maximum absolute atomic E-state index is 12.9. The van der Waals surface area contributed by atoms with E-state index in [1.807, 2.05) is 38.4 Å². The summed E-state index contributed by atoms with van der Waals surface area (Å²) in [4.78, 5) is 37.2. The number of hydrogen-bond acceptors (Lipinski definition) is 4. The molecule has 0 aromatic heterocycles. The highest BCUT2D eigenvalue weighted by Crippen LogP contribution is 2.21. The van der Waals surface area contributed by atoms with Crippen LogP contribution in [0.5, 0.6) is 0 Å². The molecule has 0 aliphatic carbocycles. The van der Waals surface area contributed by atoms with E-state index in [4.69, 9.17) is 9.90 Å². The molecule has 1 aliphatic rings. The van der Waals surface area contributed by atoms with Gasteiger partial charge in [-0.3, -0.25) is 14.4 Å². The molecule has 162 valence electrons. The van der Waals surface area contributed by atoms with E-state index in [0.29, 0.717) is 24.4 Å². The minimum absolute atomic E-state index is 0.0731. The lowest BCUT2D eigenvalue weighted by Gasteiger charge is -2.29. The molecule has 1 aromatic carbocycles.